The first-order valence-corrected chi connectivity index (χ1v) is 7.54. The van der Waals surface area contributed by atoms with Crippen LogP contribution in [0.2, 0.25) is 0 Å². The molecule has 0 unspecified atom stereocenters. The summed E-state index contributed by atoms with van der Waals surface area (Å²) >= 11 is 0. The van der Waals surface area contributed by atoms with E-state index in [-0.39, 0.29) is 18.5 Å². The average molecular weight is 289 g/mol. The van der Waals surface area contributed by atoms with Gasteiger partial charge in [-0.2, -0.15) is 0 Å². The number of carbonyl (C=O) groups excluding carboxylic acids is 2. The minimum absolute atomic E-state index is 0.215. The third-order valence-corrected chi connectivity index (χ3v) is 4.03. The van der Waals surface area contributed by atoms with Crippen LogP contribution in [0.1, 0.15) is 31.7 Å². The molecule has 2 saturated heterocycles. The Morgan fingerprint density at radius 3 is 2.00 bits per heavy atom. The second kappa shape index (κ2) is 7.22. The number of rotatable bonds is 2. The summed E-state index contributed by atoms with van der Waals surface area (Å²) in [6, 6.07) is 9.16. The molecule has 5 nitrogen and oxygen atoms in total. The van der Waals surface area contributed by atoms with E-state index in [1.165, 1.54) is 25.9 Å². The van der Waals surface area contributed by atoms with Crippen molar-refractivity contribution in [3.63, 3.8) is 0 Å². The summed E-state index contributed by atoms with van der Waals surface area (Å²) in [7, 11) is 0. The molecule has 2 amide bonds. The highest BCUT2D eigenvalue weighted by Gasteiger charge is 2.47. The third kappa shape index (κ3) is 3.24. The van der Waals surface area contributed by atoms with Crippen molar-refractivity contribution in [3.8, 4) is 0 Å². The zero-order valence-corrected chi connectivity index (χ0v) is 12.4. The van der Waals surface area contributed by atoms with E-state index < -0.39 is 5.41 Å². The second-order valence-corrected chi connectivity index (χ2v) is 5.27. The van der Waals surface area contributed by atoms with Gasteiger partial charge in [-0.25, -0.2) is 0 Å². The Morgan fingerprint density at radius 1 is 1.00 bits per heavy atom. The van der Waals surface area contributed by atoms with Gasteiger partial charge in [0.1, 0.15) is 0 Å². The van der Waals surface area contributed by atoms with E-state index >= 15 is 0 Å². The van der Waals surface area contributed by atoms with Gasteiger partial charge in [0, 0.05) is 0 Å². The molecule has 3 rings (SSSR count). The van der Waals surface area contributed by atoms with Crippen molar-refractivity contribution in [3.05, 3.63) is 35.9 Å². The van der Waals surface area contributed by atoms with Gasteiger partial charge in [0.25, 0.3) is 0 Å². The molecule has 0 spiro atoms. The van der Waals surface area contributed by atoms with Crippen molar-refractivity contribution in [1.82, 2.24) is 16.0 Å². The van der Waals surface area contributed by atoms with Crippen LogP contribution in [0.25, 0.3) is 0 Å². The van der Waals surface area contributed by atoms with Gasteiger partial charge in [-0.1, -0.05) is 37.3 Å². The average Bonchev–Trinajstić information content (AvgIpc) is 3.09. The van der Waals surface area contributed by atoms with Crippen LogP contribution in [0.15, 0.2) is 30.3 Å². The SMILES string of the molecule is C1CCNC1.CCC1(c2ccccc2)C(=O)NCNC1=O. The largest absolute Gasteiger partial charge is 0.337 e. The van der Waals surface area contributed by atoms with Crippen molar-refractivity contribution < 1.29 is 9.59 Å². The maximum absolute atomic E-state index is 12.0. The van der Waals surface area contributed by atoms with E-state index in [4.69, 9.17) is 0 Å². The zero-order chi connectivity index (χ0) is 15.1. The van der Waals surface area contributed by atoms with Crippen molar-refractivity contribution in [1.29, 1.82) is 0 Å². The van der Waals surface area contributed by atoms with Crippen molar-refractivity contribution >= 4 is 11.8 Å². The van der Waals surface area contributed by atoms with E-state index in [1.807, 2.05) is 37.3 Å². The fraction of sp³-hybridized carbons (Fsp3) is 0.500. The Morgan fingerprint density at radius 2 is 1.57 bits per heavy atom. The second-order valence-electron chi connectivity index (χ2n) is 5.27. The predicted octanol–water partition coefficient (Wildman–Crippen LogP) is 0.908. The van der Waals surface area contributed by atoms with Gasteiger partial charge in [-0.05, 0) is 37.9 Å². The molecule has 0 saturated carbocycles. The standard InChI is InChI=1S/C12H14N2O2.C4H9N/c1-2-12(9-6-4-3-5-7-9)10(15)13-8-14-11(12)16;1-2-4-5-3-1/h3-7H,2,8H2,1H3,(H,13,15)(H,14,16);5H,1-4H2. The van der Waals surface area contributed by atoms with Crippen LogP contribution in [0.4, 0.5) is 0 Å². The minimum Gasteiger partial charge on any atom is -0.337 e. The number of hydrogen-bond donors (Lipinski definition) is 3. The molecule has 0 bridgehead atoms. The third-order valence-electron chi connectivity index (χ3n) is 4.03. The van der Waals surface area contributed by atoms with Crippen LogP contribution in [-0.4, -0.2) is 31.6 Å². The molecule has 2 heterocycles. The molecule has 0 atom stereocenters. The quantitative estimate of drug-likeness (QED) is 0.709. The van der Waals surface area contributed by atoms with Gasteiger partial charge in [0.2, 0.25) is 11.8 Å². The van der Waals surface area contributed by atoms with Crippen LogP contribution in [0.5, 0.6) is 0 Å². The van der Waals surface area contributed by atoms with Crippen molar-refractivity contribution in [2.75, 3.05) is 19.8 Å². The molecule has 3 N–H and O–H groups in total. The zero-order valence-electron chi connectivity index (χ0n) is 12.4. The molecule has 1 aromatic carbocycles. The topological polar surface area (TPSA) is 70.2 Å². The molecule has 5 heteroatoms. The highest BCUT2D eigenvalue weighted by Crippen LogP contribution is 2.29. The summed E-state index contributed by atoms with van der Waals surface area (Å²) in [5, 5.41) is 8.59. The van der Waals surface area contributed by atoms with Crippen LogP contribution in [-0.2, 0) is 15.0 Å². The molecular formula is C16H23N3O2. The molecule has 114 valence electrons. The number of carbonyl (C=O) groups is 2. The Kier molecular flexibility index (Phi) is 5.33. The molecule has 0 radical (unpaired) electrons. The number of nitrogens with one attached hydrogen (secondary N) is 3. The highest BCUT2D eigenvalue weighted by molar-refractivity contribution is 6.12. The first-order chi connectivity index (χ1) is 10.2. The van der Waals surface area contributed by atoms with Crippen LogP contribution < -0.4 is 16.0 Å². The van der Waals surface area contributed by atoms with Gasteiger partial charge in [0.05, 0.1) is 6.67 Å². The summed E-state index contributed by atoms with van der Waals surface area (Å²) in [4.78, 5) is 24.0. The molecule has 0 aliphatic carbocycles. The fourth-order valence-corrected chi connectivity index (χ4v) is 2.74. The smallest absolute Gasteiger partial charge is 0.241 e. The van der Waals surface area contributed by atoms with Gasteiger partial charge in [-0.3, -0.25) is 9.59 Å². The molecule has 0 aromatic heterocycles. The maximum Gasteiger partial charge on any atom is 0.241 e. The molecule has 2 aliphatic rings. The van der Waals surface area contributed by atoms with Gasteiger partial charge in [-0.15, -0.1) is 0 Å². The summed E-state index contributed by atoms with van der Waals surface area (Å²) < 4.78 is 0. The first kappa shape index (κ1) is 15.5. The Balaban J connectivity index is 0.000000272. The highest BCUT2D eigenvalue weighted by atomic mass is 16.2. The van der Waals surface area contributed by atoms with Gasteiger partial charge < -0.3 is 16.0 Å². The van der Waals surface area contributed by atoms with Crippen LogP contribution >= 0.6 is 0 Å². The van der Waals surface area contributed by atoms with E-state index in [1.54, 1.807) is 0 Å². The number of benzene rings is 1. The number of hydrogen-bond acceptors (Lipinski definition) is 3. The lowest BCUT2D eigenvalue weighted by Gasteiger charge is -2.34. The van der Waals surface area contributed by atoms with Crippen molar-refractivity contribution in [2.45, 2.75) is 31.6 Å². The summed E-state index contributed by atoms with van der Waals surface area (Å²) in [5.41, 5.74) is -0.327. The van der Waals surface area contributed by atoms with E-state index in [2.05, 4.69) is 16.0 Å². The Bertz CT molecular complexity index is 460. The van der Waals surface area contributed by atoms with Crippen LogP contribution in [0.3, 0.4) is 0 Å². The summed E-state index contributed by atoms with van der Waals surface area (Å²) in [5.74, 6) is -0.435. The molecule has 2 fully saturated rings. The molecule has 21 heavy (non-hydrogen) atoms. The van der Waals surface area contributed by atoms with Crippen molar-refractivity contribution in [2.24, 2.45) is 0 Å². The lowest BCUT2D eigenvalue weighted by Crippen LogP contribution is -2.62. The first-order valence-electron chi connectivity index (χ1n) is 7.54. The van der Waals surface area contributed by atoms with E-state index in [9.17, 15) is 9.59 Å². The molecular weight excluding hydrogens is 266 g/mol. The fourth-order valence-electron chi connectivity index (χ4n) is 2.74. The normalized spacial score (nSPS) is 20.0. The predicted molar refractivity (Wildman–Crippen MR) is 81.7 cm³/mol. The maximum atomic E-state index is 12.0. The van der Waals surface area contributed by atoms with Gasteiger partial charge >= 0.3 is 0 Å². The van der Waals surface area contributed by atoms with E-state index in [0.29, 0.717) is 6.42 Å². The lowest BCUT2D eigenvalue weighted by molar-refractivity contribution is -0.141. The summed E-state index contributed by atoms with van der Waals surface area (Å²) in [6.45, 7) is 4.56. The minimum atomic E-state index is -1.07. The monoisotopic (exact) mass is 289 g/mol. The molecule has 2 aliphatic heterocycles. The molecule has 1 aromatic rings. The summed E-state index contributed by atoms with van der Waals surface area (Å²) in [6.07, 6.45) is 3.23. The van der Waals surface area contributed by atoms with Crippen LogP contribution in [0, 0.1) is 0 Å². The Hall–Kier alpha value is -1.88. The van der Waals surface area contributed by atoms with Gasteiger partial charge in [0.15, 0.2) is 5.41 Å². The number of amides is 2. The Labute approximate surface area is 125 Å². The lowest BCUT2D eigenvalue weighted by atomic mass is 9.75. The van der Waals surface area contributed by atoms with E-state index in [0.717, 1.165) is 5.56 Å².